The molecule has 1 heterocycles. The van der Waals surface area contributed by atoms with Gasteiger partial charge in [0.2, 0.25) is 0 Å². The fourth-order valence-corrected chi connectivity index (χ4v) is 1.79. The normalized spacial score (nSPS) is 10.6. The zero-order valence-electron chi connectivity index (χ0n) is 9.76. The Kier molecular flexibility index (Phi) is 3.76. The molecule has 2 nitrogen and oxygen atoms in total. The van der Waals surface area contributed by atoms with E-state index in [4.69, 9.17) is 0 Å². The lowest BCUT2D eigenvalue weighted by molar-refractivity contribution is 0.717. The number of unbranched alkanes of at least 4 members (excludes halogenated alkanes) is 2. The quantitative estimate of drug-likeness (QED) is 0.695. The summed E-state index contributed by atoms with van der Waals surface area (Å²) in [5, 5.41) is 4.38. The molecular weight excluding hydrogens is 196 g/mol. The first-order valence-electron chi connectivity index (χ1n) is 5.99. The van der Waals surface area contributed by atoms with Gasteiger partial charge in [0, 0.05) is 6.20 Å². The van der Waals surface area contributed by atoms with E-state index < -0.39 is 0 Å². The molecule has 1 aromatic carbocycles. The van der Waals surface area contributed by atoms with E-state index in [1.807, 2.05) is 29.1 Å². The molecule has 0 aliphatic rings. The Hall–Kier alpha value is -1.57. The van der Waals surface area contributed by atoms with Crippen LogP contribution in [-0.4, -0.2) is 9.78 Å². The summed E-state index contributed by atoms with van der Waals surface area (Å²) in [6, 6.07) is 10.2. The van der Waals surface area contributed by atoms with Crippen molar-refractivity contribution < 1.29 is 0 Å². The Labute approximate surface area is 96.9 Å². The largest absolute Gasteiger partial charge is 0.241 e. The van der Waals surface area contributed by atoms with Gasteiger partial charge in [0.05, 0.1) is 11.9 Å². The molecule has 2 heteroatoms. The van der Waals surface area contributed by atoms with Crippen LogP contribution in [0.4, 0.5) is 0 Å². The fourth-order valence-electron chi connectivity index (χ4n) is 1.79. The van der Waals surface area contributed by atoms with E-state index in [0.29, 0.717) is 0 Å². The molecule has 2 rings (SSSR count). The molecule has 0 radical (unpaired) electrons. The van der Waals surface area contributed by atoms with Crippen molar-refractivity contribution in [1.29, 1.82) is 0 Å². The summed E-state index contributed by atoms with van der Waals surface area (Å²) >= 11 is 0. The van der Waals surface area contributed by atoms with Crippen molar-refractivity contribution >= 4 is 0 Å². The second-order valence-electron chi connectivity index (χ2n) is 4.09. The van der Waals surface area contributed by atoms with Crippen LogP contribution in [-0.2, 0) is 6.42 Å². The van der Waals surface area contributed by atoms with E-state index in [1.165, 1.54) is 24.8 Å². The molecule has 0 saturated carbocycles. The van der Waals surface area contributed by atoms with Crippen LogP contribution in [0.1, 0.15) is 31.7 Å². The van der Waals surface area contributed by atoms with Crippen molar-refractivity contribution in [2.45, 2.75) is 32.6 Å². The van der Waals surface area contributed by atoms with Crippen LogP contribution in [0, 0.1) is 0 Å². The second-order valence-corrected chi connectivity index (χ2v) is 4.09. The molecule has 0 aliphatic heterocycles. The first-order valence-corrected chi connectivity index (χ1v) is 5.99. The van der Waals surface area contributed by atoms with Gasteiger partial charge in [-0.25, -0.2) is 4.68 Å². The highest BCUT2D eigenvalue weighted by Crippen LogP contribution is 2.10. The number of nitrogens with zero attached hydrogens (tertiary/aromatic N) is 2. The molecule has 0 unspecified atom stereocenters. The minimum Gasteiger partial charge on any atom is -0.241 e. The maximum Gasteiger partial charge on any atom is 0.0645 e. The predicted molar refractivity (Wildman–Crippen MR) is 66.8 cm³/mol. The van der Waals surface area contributed by atoms with Crippen molar-refractivity contribution in [3.63, 3.8) is 0 Å². The number of hydrogen-bond donors (Lipinski definition) is 0. The van der Waals surface area contributed by atoms with Gasteiger partial charge >= 0.3 is 0 Å². The molecular formula is C14H18N2. The third-order valence-electron chi connectivity index (χ3n) is 2.73. The van der Waals surface area contributed by atoms with Gasteiger partial charge in [0.25, 0.3) is 0 Å². The maximum absolute atomic E-state index is 4.38. The van der Waals surface area contributed by atoms with Crippen molar-refractivity contribution in [2.75, 3.05) is 0 Å². The van der Waals surface area contributed by atoms with Gasteiger partial charge < -0.3 is 0 Å². The maximum atomic E-state index is 4.38. The molecule has 0 spiro atoms. The van der Waals surface area contributed by atoms with Crippen LogP contribution in [0.2, 0.25) is 0 Å². The third-order valence-corrected chi connectivity index (χ3v) is 2.73. The average Bonchev–Trinajstić information content (AvgIpc) is 2.79. The van der Waals surface area contributed by atoms with E-state index in [0.717, 1.165) is 12.1 Å². The lowest BCUT2D eigenvalue weighted by atomic mass is 10.1. The van der Waals surface area contributed by atoms with Gasteiger partial charge in [0.15, 0.2) is 0 Å². The number of rotatable bonds is 5. The van der Waals surface area contributed by atoms with E-state index in [2.05, 4.69) is 30.4 Å². The van der Waals surface area contributed by atoms with Gasteiger partial charge in [-0.05, 0) is 30.5 Å². The molecule has 84 valence electrons. The predicted octanol–water partition coefficient (Wildman–Crippen LogP) is 3.61. The van der Waals surface area contributed by atoms with E-state index >= 15 is 0 Å². The minimum atomic E-state index is 1.13. The van der Waals surface area contributed by atoms with Crippen LogP contribution in [0.5, 0.6) is 0 Å². The monoisotopic (exact) mass is 214 g/mol. The fraction of sp³-hybridized carbons (Fsp3) is 0.357. The average molecular weight is 214 g/mol. The SMILES string of the molecule is CCCCCc1cnn(-c2ccccc2)c1. The molecule has 2 aromatic rings. The molecule has 16 heavy (non-hydrogen) atoms. The van der Waals surface area contributed by atoms with E-state index in [-0.39, 0.29) is 0 Å². The topological polar surface area (TPSA) is 17.8 Å². The first-order chi connectivity index (χ1) is 7.90. The molecule has 0 aliphatic carbocycles. The van der Waals surface area contributed by atoms with E-state index in [9.17, 15) is 0 Å². The summed E-state index contributed by atoms with van der Waals surface area (Å²) in [4.78, 5) is 0. The van der Waals surface area contributed by atoms with Gasteiger partial charge in [0.1, 0.15) is 0 Å². The zero-order chi connectivity index (χ0) is 11.2. The molecule has 0 amide bonds. The molecule has 0 bridgehead atoms. The summed E-state index contributed by atoms with van der Waals surface area (Å²) in [6.07, 6.45) is 9.08. The molecule has 0 atom stereocenters. The van der Waals surface area contributed by atoms with Crippen LogP contribution in [0.3, 0.4) is 0 Å². The van der Waals surface area contributed by atoms with Crippen LogP contribution >= 0.6 is 0 Å². The Balaban J connectivity index is 2.02. The highest BCUT2D eigenvalue weighted by Gasteiger charge is 1.99. The summed E-state index contributed by atoms with van der Waals surface area (Å²) < 4.78 is 1.95. The van der Waals surface area contributed by atoms with Crippen LogP contribution in [0.15, 0.2) is 42.7 Å². The van der Waals surface area contributed by atoms with Gasteiger partial charge in [-0.1, -0.05) is 38.0 Å². The standard InChI is InChI=1S/C14H18N2/c1-2-3-5-8-13-11-15-16(12-13)14-9-6-4-7-10-14/h4,6-7,9-12H,2-3,5,8H2,1H3. The Morgan fingerprint density at radius 1 is 1.12 bits per heavy atom. The van der Waals surface area contributed by atoms with Crippen LogP contribution < -0.4 is 0 Å². The molecule has 0 fully saturated rings. The van der Waals surface area contributed by atoms with Gasteiger partial charge in [-0.2, -0.15) is 5.10 Å². The lowest BCUT2D eigenvalue weighted by Gasteiger charge is -1.99. The van der Waals surface area contributed by atoms with Crippen molar-refractivity contribution in [2.24, 2.45) is 0 Å². The van der Waals surface area contributed by atoms with Gasteiger partial charge in [-0.3, -0.25) is 0 Å². The summed E-state index contributed by atoms with van der Waals surface area (Å²) in [5.74, 6) is 0. The highest BCUT2D eigenvalue weighted by atomic mass is 15.3. The molecule has 1 aromatic heterocycles. The highest BCUT2D eigenvalue weighted by molar-refractivity contribution is 5.30. The van der Waals surface area contributed by atoms with E-state index in [1.54, 1.807) is 0 Å². The zero-order valence-corrected chi connectivity index (χ0v) is 9.76. The van der Waals surface area contributed by atoms with Crippen molar-refractivity contribution in [1.82, 2.24) is 9.78 Å². The summed E-state index contributed by atoms with van der Waals surface area (Å²) in [6.45, 7) is 2.23. The smallest absolute Gasteiger partial charge is 0.0645 e. The number of aryl methyl sites for hydroxylation is 1. The molecule has 0 N–H and O–H groups in total. The number of hydrogen-bond acceptors (Lipinski definition) is 1. The van der Waals surface area contributed by atoms with Crippen molar-refractivity contribution in [3.8, 4) is 5.69 Å². The number of benzene rings is 1. The number of para-hydroxylation sites is 1. The Morgan fingerprint density at radius 3 is 2.69 bits per heavy atom. The lowest BCUT2D eigenvalue weighted by Crippen LogP contribution is -1.92. The first kappa shape index (κ1) is 10.9. The van der Waals surface area contributed by atoms with Crippen molar-refractivity contribution in [3.05, 3.63) is 48.3 Å². The molecule has 0 saturated heterocycles. The summed E-state index contributed by atoms with van der Waals surface area (Å²) in [7, 11) is 0. The Bertz CT molecular complexity index is 417. The Morgan fingerprint density at radius 2 is 1.94 bits per heavy atom. The van der Waals surface area contributed by atoms with Gasteiger partial charge in [-0.15, -0.1) is 0 Å². The second kappa shape index (κ2) is 5.50. The van der Waals surface area contributed by atoms with Crippen LogP contribution in [0.25, 0.3) is 5.69 Å². The minimum absolute atomic E-state index is 1.13. The number of aromatic nitrogens is 2. The summed E-state index contributed by atoms with van der Waals surface area (Å²) in [5.41, 5.74) is 2.46. The third kappa shape index (κ3) is 2.72.